The second-order valence-electron chi connectivity index (χ2n) is 16.3. The first-order valence-corrected chi connectivity index (χ1v) is 26.9. The van der Waals surface area contributed by atoms with Crippen molar-refractivity contribution in [3.63, 3.8) is 0 Å². The Morgan fingerprint density at radius 2 is 0.971 bits per heavy atom. The Balaban J connectivity index is 2.69. The van der Waals surface area contributed by atoms with Crippen molar-refractivity contribution >= 4 is 27.6 Å². The fraction of sp³-hybridized carbons (Fsp3) is 0.633. The Morgan fingerprint density at radius 1 is 0.529 bits per heavy atom. The molecule has 0 bridgehead atoms. The van der Waals surface area contributed by atoms with Gasteiger partial charge in [-0.2, -0.15) is 0 Å². The molecule has 1 saturated carbocycles. The van der Waals surface area contributed by atoms with Gasteiger partial charge in [-0.3, -0.25) is 23.2 Å². The number of rotatable bonds is 38. The number of hydrogen-bond donors (Lipinski definition) is 8. The topological polar surface area (TPSA) is 276 Å². The largest absolute Gasteiger partial charge is 0.472 e. The molecule has 6 unspecified atom stereocenters. The van der Waals surface area contributed by atoms with E-state index in [0.29, 0.717) is 38.5 Å². The first-order chi connectivity index (χ1) is 32.5. The van der Waals surface area contributed by atoms with Gasteiger partial charge in [-0.05, 0) is 89.9 Å². The lowest BCUT2D eigenvalue weighted by atomic mass is 9.85. The molecule has 0 aromatic rings. The highest BCUT2D eigenvalue weighted by atomic mass is 31.2. The lowest BCUT2D eigenvalue weighted by Crippen LogP contribution is -2.64. The van der Waals surface area contributed by atoms with E-state index in [1.54, 1.807) is 0 Å². The molecule has 0 amide bonds. The average Bonchev–Trinajstić information content (AvgIpc) is 3.29. The van der Waals surface area contributed by atoms with Crippen molar-refractivity contribution in [3.05, 3.63) is 97.2 Å². The minimum atomic E-state index is -5.39. The van der Waals surface area contributed by atoms with Crippen LogP contribution in [-0.4, -0.2) is 114 Å². The standard InChI is InChI=1S/C49H80O17P2/c1-3-5-6-7-8-9-10-11-12-13-14-17-20-23-26-29-32-36-42(51)62-38-41(39-63-68(60,61)66-49-46(55)44(53)45(54)48(47(49)56)65-67(57,58)59)64-43(52)37-33-30-27-24-21-18-15-16-19-22-25-28-31-35-40(50)34-4-2/h8-9,11-12,14-15,17-19,22-24,26-28,31,40-41,44-50,53-56H,3-7,10,13,16,20-21,25,29-30,32-39H2,1-2H3,(H,60,61)(H2,57,58,59)/b9-8-,12-11-,17-14-,18-15-,22-19-,26-23-,27-24-,31-28-/t40?,41-,44?,45?,46?,47?,48-,49+/m1/s1. The number of carbonyl (C=O) groups is 2. The van der Waals surface area contributed by atoms with Gasteiger partial charge in [0, 0.05) is 12.8 Å². The van der Waals surface area contributed by atoms with Crippen molar-refractivity contribution in [1.29, 1.82) is 0 Å². The molecule has 0 aliphatic heterocycles. The summed E-state index contributed by atoms with van der Waals surface area (Å²) in [5.41, 5.74) is 0. The van der Waals surface area contributed by atoms with Gasteiger partial charge >= 0.3 is 27.6 Å². The molecule has 0 radical (unpaired) electrons. The van der Waals surface area contributed by atoms with Gasteiger partial charge in [0.25, 0.3) is 0 Å². The predicted octanol–water partition coefficient (Wildman–Crippen LogP) is 8.14. The zero-order chi connectivity index (χ0) is 50.5. The van der Waals surface area contributed by atoms with Crippen molar-refractivity contribution in [2.75, 3.05) is 13.2 Å². The van der Waals surface area contributed by atoms with E-state index in [0.717, 1.165) is 51.4 Å². The van der Waals surface area contributed by atoms with Gasteiger partial charge in [-0.15, -0.1) is 0 Å². The van der Waals surface area contributed by atoms with E-state index in [-0.39, 0.29) is 18.9 Å². The number of aliphatic hydroxyl groups excluding tert-OH is 5. The Kier molecular flexibility index (Phi) is 35.7. The second-order valence-corrected chi connectivity index (χ2v) is 18.9. The minimum Gasteiger partial charge on any atom is -0.462 e. The van der Waals surface area contributed by atoms with Crippen LogP contribution in [0.15, 0.2) is 97.2 Å². The third kappa shape index (κ3) is 32.6. The number of hydrogen-bond acceptors (Lipinski definition) is 14. The maximum atomic E-state index is 13.0. The number of ether oxygens (including phenoxy) is 2. The molecule has 9 atom stereocenters. The smallest absolute Gasteiger partial charge is 0.462 e. The highest BCUT2D eigenvalue weighted by Gasteiger charge is 2.54. The number of esters is 2. The van der Waals surface area contributed by atoms with E-state index >= 15 is 0 Å². The maximum absolute atomic E-state index is 13.0. The molecule has 0 aromatic heterocycles. The molecule has 1 aliphatic carbocycles. The molecule has 17 nitrogen and oxygen atoms in total. The van der Waals surface area contributed by atoms with Gasteiger partial charge in [-0.25, -0.2) is 9.13 Å². The van der Waals surface area contributed by atoms with E-state index in [1.165, 1.54) is 19.3 Å². The van der Waals surface area contributed by atoms with Crippen LogP contribution in [-0.2, 0) is 41.8 Å². The molecule has 0 aromatic carbocycles. The highest BCUT2D eigenvalue weighted by molar-refractivity contribution is 7.47. The number of carbonyl (C=O) groups excluding carboxylic acids is 2. The monoisotopic (exact) mass is 1000 g/mol. The van der Waals surface area contributed by atoms with Crippen LogP contribution in [0.3, 0.4) is 0 Å². The summed E-state index contributed by atoms with van der Waals surface area (Å²) >= 11 is 0. The average molecular weight is 1000 g/mol. The minimum absolute atomic E-state index is 0.0200. The first-order valence-electron chi connectivity index (χ1n) is 23.9. The molecule has 1 rings (SSSR count). The van der Waals surface area contributed by atoms with Crippen LogP contribution in [0, 0.1) is 0 Å². The predicted molar refractivity (Wildman–Crippen MR) is 261 cm³/mol. The second kappa shape index (κ2) is 38.6. The van der Waals surface area contributed by atoms with Crippen molar-refractivity contribution in [1.82, 2.24) is 0 Å². The Bertz CT molecular complexity index is 1700. The van der Waals surface area contributed by atoms with Gasteiger partial charge in [0.15, 0.2) is 6.10 Å². The van der Waals surface area contributed by atoms with Crippen LogP contribution in [0.4, 0.5) is 0 Å². The summed E-state index contributed by atoms with van der Waals surface area (Å²) in [6.45, 7) is 2.78. The SMILES string of the molecule is CCCCC/C=C\C/C=C\C/C=C\C/C=C\CCCC(=O)OC[C@H](COP(=O)(O)O[C@H]1C(O)C(O)C(O)[C@@H](OP(=O)(O)O)C1O)OC(=O)CCC/C=C\C/C=C\C/C=C\C/C=C\CC(O)CCC. The summed E-state index contributed by atoms with van der Waals surface area (Å²) in [5, 5.41) is 51.0. The van der Waals surface area contributed by atoms with Crippen molar-refractivity contribution in [3.8, 4) is 0 Å². The molecule has 0 spiro atoms. The van der Waals surface area contributed by atoms with Gasteiger partial charge in [-0.1, -0.05) is 130 Å². The molecular formula is C49H80O17P2. The molecule has 1 aliphatic rings. The third-order valence-electron chi connectivity index (χ3n) is 10.2. The molecule has 388 valence electrons. The summed E-state index contributed by atoms with van der Waals surface area (Å²) < 4.78 is 49.2. The van der Waals surface area contributed by atoms with Crippen molar-refractivity contribution < 1.29 is 82.0 Å². The van der Waals surface area contributed by atoms with Gasteiger partial charge < -0.3 is 49.7 Å². The van der Waals surface area contributed by atoms with E-state index in [9.17, 15) is 58.9 Å². The van der Waals surface area contributed by atoms with Gasteiger partial charge in [0.05, 0.1) is 12.7 Å². The number of phosphoric acid groups is 2. The van der Waals surface area contributed by atoms with Gasteiger partial charge in [0.1, 0.15) is 43.2 Å². The summed E-state index contributed by atoms with van der Waals surface area (Å²) in [6, 6.07) is 0. The summed E-state index contributed by atoms with van der Waals surface area (Å²) in [6.07, 6.45) is 31.5. The Hall–Kier alpha value is -3.12. The fourth-order valence-electron chi connectivity index (χ4n) is 6.49. The molecule has 1 fully saturated rings. The zero-order valence-electron chi connectivity index (χ0n) is 39.9. The van der Waals surface area contributed by atoms with Crippen LogP contribution in [0.25, 0.3) is 0 Å². The third-order valence-corrected chi connectivity index (χ3v) is 11.7. The lowest BCUT2D eigenvalue weighted by Gasteiger charge is -2.43. The highest BCUT2D eigenvalue weighted by Crippen LogP contribution is 2.49. The van der Waals surface area contributed by atoms with Crippen LogP contribution in [0.1, 0.15) is 136 Å². The van der Waals surface area contributed by atoms with Crippen molar-refractivity contribution in [2.24, 2.45) is 0 Å². The van der Waals surface area contributed by atoms with E-state index in [4.69, 9.17) is 18.5 Å². The number of aliphatic hydroxyl groups is 5. The zero-order valence-corrected chi connectivity index (χ0v) is 41.6. The molecule has 8 N–H and O–H groups in total. The molecule has 0 saturated heterocycles. The van der Waals surface area contributed by atoms with E-state index in [1.807, 2.05) is 55.5 Å². The normalized spacial score (nSPS) is 22.6. The summed E-state index contributed by atoms with van der Waals surface area (Å²) in [7, 11) is -10.7. The molecular weight excluding hydrogens is 922 g/mol. The number of allylic oxidation sites excluding steroid dienone is 15. The summed E-state index contributed by atoms with van der Waals surface area (Å²) in [5.74, 6) is -1.37. The van der Waals surface area contributed by atoms with Crippen LogP contribution in [0.5, 0.6) is 0 Å². The van der Waals surface area contributed by atoms with E-state index < -0.39 is 83.5 Å². The lowest BCUT2D eigenvalue weighted by molar-refractivity contribution is -0.216. The van der Waals surface area contributed by atoms with Crippen molar-refractivity contribution in [2.45, 2.75) is 185 Å². The van der Waals surface area contributed by atoms with Gasteiger partial charge in [0.2, 0.25) is 0 Å². The Labute approximate surface area is 403 Å². The van der Waals surface area contributed by atoms with E-state index in [2.05, 4.69) is 60.1 Å². The van der Waals surface area contributed by atoms with Crippen LogP contribution < -0.4 is 0 Å². The quantitative estimate of drug-likeness (QED) is 0.0125. The molecule has 68 heavy (non-hydrogen) atoms. The molecule has 19 heteroatoms. The number of unbranched alkanes of at least 4 members (excludes halogenated alkanes) is 5. The molecule has 0 heterocycles. The number of phosphoric ester groups is 2. The summed E-state index contributed by atoms with van der Waals surface area (Å²) in [4.78, 5) is 54.2. The Morgan fingerprint density at radius 3 is 1.44 bits per heavy atom. The van der Waals surface area contributed by atoms with Crippen LogP contribution >= 0.6 is 15.6 Å². The first kappa shape index (κ1) is 62.9. The van der Waals surface area contributed by atoms with Crippen LogP contribution in [0.2, 0.25) is 0 Å². The fourth-order valence-corrected chi connectivity index (χ4v) is 8.03. The maximum Gasteiger partial charge on any atom is 0.472 e.